The fourth-order valence-electron chi connectivity index (χ4n) is 4.00. The normalized spacial score (nSPS) is 15.8. The van der Waals surface area contributed by atoms with E-state index < -0.39 is 31.7 Å². The largest absolute Gasteiger partial charge is 0.416 e. The van der Waals surface area contributed by atoms with Crippen LogP contribution in [0.4, 0.5) is 18.3 Å². The number of sulfone groups is 1. The highest BCUT2D eigenvalue weighted by Gasteiger charge is 2.37. The number of hydrogen-bond donors (Lipinski definition) is 0. The number of rotatable bonds is 4. The van der Waals surface area contributed by atoms with E-state index in [0.29, 0.717) is 19.2 Å². The van der Waals surface area contributed by atoms with Crippen LogP contribution in [-0.4, -0.2) is 31.7 Å². The minimum atomic E-state index is -4.64. The molecule has 0 amide bonds. The molecule has 0 atom stereocenters. The summed E-state index contributed by atoms with van der Waals surface area (Å²) in [5.74, 6) is 0. The first kappa shape index (κ1) is 24.0. The van der Waals surface area contributed by atoms with Crippen molar-refractivity contribution in [2.75, 3.05) is 18.0 Å². The van der Waals surface area contributed by atoms with Crippen molar-refractivity contribution < 1.29 is 21.6 Å². The lowest BCUT2D eigenvalue weighted by atomic mass is 10.0. The van der Waals surface area contributed by atoms with E-state index in [-0.39, 0.29) is 17.9 Å². The van der Waals surface area contributed by atoms with Gasteiger partial charge in [0.15, 0.2) is 15.0 Å². The van der Waals surface area contributed by atoms with Crippen LogP contribution in [0.25, 0.3) is 11.3 Å². The van der Waals surface area contributed by atoms with Crippen LogP contribution in [0.1, 0.15) is 29.5 Å². The Morgan fingerprint density at radius 3 is 2.48 bits per heavy atom. The highest BCUT2D eigenvalue weighted by molar-refractivity contribution is 7.92. The smallest absolute Gasteiger partial charge is 0.348 e. The van der Waals surface area contributed by atoms with Gasteiger partial charge in [0.2, 0.25) is 0 Å². The van der Waals surface area contributed by atoms with Gasteiger partial charge in [-0.1, -0.05) is 29.8 Å². The summed E-state index contributed by atoms with van der Waals surface area (Å²) in [6.45, 7) is 4.99. The molecular weight excluding hydrogens is 493 g/mol. The zero-order chi connectivity index (χ0) is 24.0. The lowest BCUT2D eigenvalue weighted by Crippen LogP contribution is -2.39. The summed E-state index contributed by atoms with van der Waals surface area (Å²) in [5.41, 5.74) is 3.26. The first-order valence-corrected chi connectivity index (χ1v) is 13.2. The Labute approximate surface area is 200 Å². The number of aromatic nitrogens is 1. The van der Waals surface area contributed by atoms with Gasteiger partial charge in [-0.25, -0.2) is 13.4 Å². The van der Waals surface area contributed by atoms with E-state index in [1.54, 1.807) is 0 Å². The topological polar surface area (TPSA) is 50.3 Å². The lowest BCUT2D eigenvalue weighted by molar-refractivity contribution is -0.137. The molecule has 3 aromatic rings. The Hall–Kier alpha value is -2.10. The fraction of sp³-hybridized carbons (Fsp3) is 0.348. The Morgan fingerprint density at radius 2 is 1.82 bits per heavy atom. The predicted octanol–water partition coefficient (Wildman–Crippen LogP) is 6.54. The van der Waals surface area contributed by atoms with Crippen LogP contribution in [0.2, 0.25) is 5.02 Å². The average molecular weight is 515 g/mol. The molecule has 0 spiro atoms. The van der Waals surface area contributed by atoms with Crippen LogP contribution in [-0.2, 0) is 16.0 Å². The molecule has 10 heteroatoms. The third-order valence-electron chi connectivity index (χ3n) is 6.09. The van der Waals surface area contributed by atoms with Gasteiger partial charge in [0.1, 0.15) is 0 Å². The van der Waals surface area contributed by atoms with Crippen LogP contribution in [0.5, 0.6) is 0 Å². The summed E-state index contributed by atoms with van der Waals surface area (Å²) >= 11 is 7.49. The monoisotopic (exact) mass is 514 g/mol. The first-order chi connectivity index (χ1) is 15.5. The zero-order valence-electron chi connectivity index (χ0n) is 18.0. The maximum atomic E-state index is 13.1. The number of hydrogen-bond acceptors (Lipinski definition) is 5. The minimum absolute atomic E-state index is 0.191. The maximum Gasteiger partial charge on any atom is 0.416 e. The van der Waals surface area contributed by atoms with E-state index in [1.807, 2.05) is 35.4 Å². The van der Waals surface area contributed by atoms with Crippen molar-refractivity contribution in [3.05, 3.63) is 63.5 Å². The highest BCUT2D eigenvalue weighted by Crippen LogP contribution is 2.37. The van der Waals surface area contributed by atoms with Crippen molar-refractivity contribution in [3.8, 4) is 11.3 Å². The number of nitrogens with zero attached hydrogens (tertiary/aromatic N) is 2. The summed E-state index contributed by atoms with van der Waals surface area (Å²) < 4.78 is 65.5. The summed E-state index contributed by atoms with van der Waals surface area (Å²) in [6.07, 6.45) is -4.07. The third-order valence-corrected chi connectivity index (χ3v) is 9.73. The van der Waals surface area contributed by atoms with Gasteiger partial charge in [-0.3, -0.25) is 0 Å². The number of piperidine rings is 1. The maximum absolute atomic E-state index is 13.1. The molecule has 0 N–H and O–H groups in total. The summed E-state index contributed by atoms with van der Waals surface area (Å²) in [6, 6.07) is 8.50. The van der Waals surface area contributed by atoms with Crippen molar-refractivity contribution in [1.29, 1.82) is 0 Å². The molecule has 176 valence electrons. The standard InChI is InChI=1S/C23H22ClF3N2O2S2/c1-14-4-3-5-18(15(14)2)20-13-32-22(28-20)29-10-8-17(9-11-29)33(30,31)21-12-16(23(25,26)27)6-7-19(21)24/h3-7,12-13,17H,8-11H2,1-2H3. The molecule has 0 unspecified atom stereocenters. The van der Waals surface area contributed by atoms with Crippen molar-refractivity contribution in [2.24, 2.45) is 0 Å². The SMILES string of the molecule is Cc1cccc(-c2csc(N3CCC(S(=O)(=O)c4cc(C(F)(F)F)ccc4Cl)CC3)n2)c1C. The molecule has 1 aliphatic rings. The molecule has 0 bridgehead atoms. The molecule has 1 aromatic heterocycles. The van der Waals surface area contributed by atoms with Crippen molar-refractivity contribution in [2.45, 2.75) is 43.0 Å². The summed E-state index contributed by atoms with van der Waals surface area (Å²) in [4.78, 5) is 6.33. The van der Waals surface area contributed by atoms with E-state index in [4.69, 9.17) is 16.6 Å². The van der Waals surface area contributed by atoms with Gasteiger partial charge in [-0.05, 0) is 56.0 Å². The quantitative estimate of drug-likeness (QED) is 0.396. The molecule has 0 aliphatic carbocycles. The number of alkyl halides is 3. The summed E-state index contributed by atoms with van der Waals surface area (Å²) in [7, 11) is -4.00. The molecule has 2 aromatic carbocycles. The van der Waals surface area contributed by atoms with Gasteiger partial charge in [0.05, 0.1) is 26.4 Å². The van der Waals surface area contributed by atoms with E-state index >= 15 is 0 Å². The Bertz CT molecular complexity index is 1280. The van der Waals surface area contributed by atoms with E-state index in [0.717, 1.165) is 34.1 Å². The van der Waals surface area contributed by atoms with E-state index in [9.17, 15) is 21.6 Å². The zero-order valence-corrected chi connectivity index (χ0v) is 20.4. The van der Waals surface area contributed by atoms with Gasteiger partial charge in [0, 0.05) is 24.0 Å². The molecule has 1 aliphatic heterocycles. The van der Waals surface area contributed by atoms with Crippen LogP contribution in [0.3, 0.4) is 0 Å². The van der Waals surface area contributed by atoms with Crippen LogP contribution in [0, 0.1) is 13.8 Å². The lowest BCUT2D eigenvalue weighted by Gasteiger charge is -2.31. The Morgan fingerprint density at radius 1 is 1.12 bits per heavy atom. The van der Waals surface area contributed by atoms with Crippen molar-refractivity contribution in [3.63, 3.8) is 0 Å². The molecule has 1 fully saturated rings. The molecule has 2 heterocycles. The summed E-state index contributed by atoms with van der Waals surface area (Å²) in [5, 5.41) is 1.80. The van der Waals surface area contributed by atoms with E-state index in [1.165, 1.54) is 16.9 Å². The second kappa shape index (κ2) is 8.92. The number of anilines is 1. The van der Waals surface area contributed by atoms with Gasteiger partial charge >= 0.3 is 6.18 Å². The predicted molar refractivity (Wildman–Crippen MR) is 126 cm³/mol. The van der Waals surface area contributed by atoms with Gasteiger partial charge < -0.3 is 4.90 Å². The molecular formula is C23H22ClF3N2O2S2. The molecule has 1 saturated heterocycles. The molecule has 4 rings (SSSR count). The molecule has 33 heavy (non-hydrogen) atoms. The number of halogens is 4. The third kappa shape index (κ3) is 4.76. The molecule has 4 nitrogen and oxygen atoms in total. The average Bonchev–Trinajstić information content (AvgIpc) is 3.25. The number of aryl methyl sites for hydroxylation is 1. The molecule has 0 radical (unpaired) electrons. The minimum Gasteiger partial charge on any atom is -0.348 e. The van der Waals surface area contributed by atoms with Gasteiger partial charge in [0.25, 0.3) is 0 Å². The van der Waals surface area contributed by atoms with Crippen LogP contribution < -0.4 is 4.90 Å². The number of benzene rings is 2. The first-order valence-electron chi connectivity index (χ1n) is 10.4. The second-order valence-corrected chi connectivity index (χ2v) is 11.6. The van der Waals surface area contributed by atoms with Crippen LogP contribution in [0.15, 0.2) is 46.7 Å². The highest BCUT2D eigenvalue weighted by atomic mass is 35.5. The second-order valence-electron chi connectivity index (χ2n) is 8.14. The van der Waals surface area contributed by atoms with Crippen molar-refractivity contribution in [1.82, 2.24) is 4.98 Å². The van der Waals surface area contributed by atoms with Gasteiger partial charge in [-0.2, -0.15) is 13.2 Å². The van der Waals surface area contributed by atoms with Crippen molar-refractivity contribution >= 4 is 37.9 Å². The fourth-order valence-corrected chi connectivity index (χ4v) is 7.14. The van der Waals surface area contributed by atoms with Crippen LogP contribution >= 0.6 is 22.9 Å². The number of thiazole rings is 1. The Balaban J connectivity index is 1.51. The Kier molecular flexibility index (Phi) is 6.50. The van der Waals surface area contributed by atoms with E-state index in [2.05, 4.69) is 6.92 Å². The van der Waals surface area contributed by atoms with Gasteiger partial charge in [-0.15, -0.1) is 11.3 Å². The molecule has 0 saturated carbocycles.